The van der Waals surface area contributed by atoms with Gasteiger partial charge < -0.3 is 9.84 Å². The van der Waals surface area contributed by atoms with E-state index in [0.29, 0.717) is 33.7 Å². The van der Waals surface area contributed by atoms with Gasteiger partial charge in [-0.25, -0.2) is 4.98 Å². The number of hydrogen-bond acceptors (Lipinski definition) is 5. The molecule has 0 saturated heterocycles. The zero-order valence-electron chi connectivity index (χ0n) is 14.7. The van der Waals surface area contributed by atoms with Crippen molar-refractivity contribution in [1.29, 1.82) is 0 Å². The highest BCUT2D eigenvalue weighted by Gasteiger charge is 2.12. The quantitative estimate of drug-likeness (QED) is 0.586. The van der Waals surface area contributed by atoms with E-state index in [9.17, 15) is 9.90 Å². The highest BCUT2D eigenvalue weighted by molar-refractivity contribution is 9.10. The first kappa shape index (κ1) is 19.4. The molecule has 2 aromatic carbocycles. The summed E-state index contributed by atoms with van der Waals surface area (Å²) in [4.78, 5) is 17.5. The molecule has 8 heteroatoms. The predicted molar refractivity (Wildman–Crippen MR) is 110 cm³/mol. The Hall–Kier alpha value is -2.38. The molecule has 6 nitrogen and oxygen atoms in total. The molecule has 1 heterocycles. The second kappa shape index (κ2) is 8.10. The Morgan fingerprint density at radius 3 is 2.85 bits per heavy atom. The molecule has 0 radical (unpaired) electrons. The van der Waals surface area contributed by atoms with Crippen LogP contribution >= 0.6 is 27.5 Å². The van der Waals surface area contributed by atoms with Crippen LogP contribution in [0.25, 0.3) is 10.9 Å². The summed E-state index contributed by atoms with van der Waals surface area (Å²) in [7, 11) is 1.43. The summed E-state index contributed by atoms with van der Waals surface area (Å²) in [6, 6.07) is 8.39. The summed E-state index contributed by atoms with van der Waals surface area (Å²) in [6.45, 7) is 2.00. The Bertz CT molecular complexity index is 1100. The van der Waals surface area contributed by atoms with Gasteiger partial charge in [0, 0.05) is 27.5 Å². The van der Waals surface area contributed by atoms with E-state index >= 15 is 0 Å². The van der Waals surface area contributed by atoms with Crippen molar-refractivity contribution < 1.29 is 9.84 Å². The fraction of sp³-hybridized carbons (Fsp3) is 0.211. The molecule has 0 amide bonds. The summed E-state index contributed by atoms with van der Waals surface area (Å²) < 4.78 is 7.13. The number of phenolic OH excluding ortho intramolecular Hbond substituents is 1. The number of rotatable bonds is 5. The molecule has 0 unspecified atom stereocenters. The lowest BCUT2D eigenvalue weighted by molar-refractivity contribution is 0.373. The van der Waals surface area contributed by atoms with Crippen molar-refractivity contribution in [3.63, 3.8) is 0 Å². The van der Waals surface area contributed by atoms with Gasteiger partial charge in [-0.2, -0.15) is 9.78 Å². The number of halogens is 2. The number of aryl methyl sites for hydroxylation is 1. The third-order valence-electron chi connectivity index (χ3n) is 3.95. The average Bonchev–Trinajstić information content (AvgIpc) is 2.64. The molecule has 1 N–H and O–H groups in total. The van der Waals surface area contributed by atoms with E-state index in [1.54, 1.807) is 18.2 Å². The Balaban J connectivity index is 2.17. The molecule has 0 bridgehead atoms. The molecule has 1 aromatic heterocycles. The van der Waals surface area contributed by atoms with Crippen molar-refractivity contribution in [2.24, 2.45) is 5.10 Å². The van der Waals surface area contributed by atoms with Crippen LogP contribution in [0.15, 0.2) is 44.7 Å². The van der Waals surface area contributed by atoms with Crippen LogP contribution < -0.4 is 10.3 Å². The van der Waals surface area contributed by atoms with Gasteiger partial charge in [0.2, 0.25) is 0 Å². The van der Waals surface area contributed by atoms with Crippen molar-refractivity contribution in [1.82, 2.24) is 9.66 Å². The fourth-order valence-corrected chi connectivity index (χ4v) is 3.25. The molecule has 0 aliphatic heterocycles. The maximum atomic E-state index is 12.9. The Labute approximate surface area is 169 Å². The van der Waals surface area contributed by atoms with Crippen molar-refractivity contribution in [2.75, 3.05) is 7.11 Å². The summed E-state index contributed by atoms with van der Waals surface area (Å²) in [5.74, 6) is 0.667. The molecular weight excluding hydrogens is 434 g/mol. The van der Waals surface area contributed by atoms with Crippen molar-refractivity contribution in [3.8, 4) is 11.5 Å². The lowest BCUT2D eigenvalue weighted by atomic mass is 10.2. The molecule has 140 valence electrons. The molecule has 3 rings (SSSR count). The number of nitrogens with zero attached hydrogens (tertiary/aromatic N) is 3. The average molecular weight is 451 g/mol. The number of methoxy groups -OCH3 is 1. The van der Waals surface area contributed by atoms with Crippen LogP contribution in [-0.2, 0) is 6.42 Å². The zero-order chi connectivity index (χ0) is 19.6. The van der Waals surface area contributed by atoms with E-state index in [0.717, 1.165) is 10.9 Å². The van der Waals surface area contributed by atoms with Crippen LogP contribution in [0.1, 0.15) is 24.7 Å². The molecular formula is C19H17BrClN3O3. The van der Waals surface area contributed by atoms with E-state index in [2.05, 4.69) is 26.0 Å². The summed E-state index contributed by atoms with van der Waals surface area (Å²) in [5, 5.41) is 15.4. The highest BCUT2D eigenvalue weighted by atomic mass is 79.9. The summed E-state index contributed by atoms with van der Waals surface area (Å²) in [6.07, 6.45) is 2.76. The van der Waals surface area contributed by atoms with E-state index < -0.39 is 0 Å². The summed E-state index contributed by atoms with van der Waals surface area (Å²) >= 11 is 9.42. The maximum Gasteiger partial charge on any atom is 0.282 e. The van der Waals surface area contributed by atoms with Gasteiger partial charge in [0.15, 0.2) is 11.5 Å². The second-order valence-corrected chi connectivity index (χ2v) is 7.20. The lowest BCUT2D eigenvalue weighted by Gasteiger charge is -2.10. The fourth-order valence-electron chi connectivity index (χ4n) is 2.67. The van der Waals surface area contributed by atoms with Crippen LogP contribution in [0.3, 0.4) is 0 Å². The van der Waals surface area contributed by atoms with Crippen LogP contribution in [0, 0.1) is 0 Å². The molecule has 27 heavy (non-hydrogen) atoms. The number of aromatic nitrogens is 2. The zero-order valence-corrected chi connectivity index (χ0v) is 17.1. The minimum atomic E-state index is -0.283. The molecule has 0 atom stereocenters. The van der Waals surface area contributed by atoms with Crippen molar-refractivity contribution in [2.45, 2.75) is 19.8 Å². The van der Waals surface area contributed by atoms with Crippen molar-refractivity contribution >= 4 is 44.6 Å². The van der Waals surface area contributed by atoms with E-state index in [4.69, 9.17) is 16.3 Å². The Morgan fingerprint density at radius 2 is 2.15 bits per heavy atom. The van der Waals surface area contributed by atoms with Gasteiger partial charge in [-0.15, -0.1) is 0 Å². The SMILES string of the molecule is CCCc1nc2ccc(Br)cc2c(=O)n1N=Cc1cc(Cl)cc(OC)c1O. The van der Waals surface area contributed by atoms with Gasteiger partial charge >= 0.3 is 0 Å². The van der Waals surface area contributed by atoms with Crippen LogP contribution in [-0.4, -0.2) is 28.1 Å². The predicted octanol–water partition coefficient (Wildman–Crippen LogP) is 4.36. The number of hydrogen-bond donors (Lipinski definition) is 1. The largest absolute Gasteiger partial charge is 0.504 e. The van der Waals surface area contributed by atoms with Gasteiger partial charge in [0.05, 0.1) is 24.2 Å². The van der Waals surface area contributed by atoms with Gasteiger partial charge in [0.25, 0.3) is 5.56 Å². The van der Waals surface area contributed by atoms with Crippen LogP contribution in [0.5, 0.6) is 11.5 Å². The minimum Gasteiger partial charge on any atom is -0.504 e. The number of aromatic hydroxyl groups is 1. The minimum absolute atomic E-state index is 0.104. The third kappa shape index (κ3) is 3.99. The Morgan fingerprint density at radius 1 is 1.37 bits per heavy atom. The number of fused-ring (bicyclic) bond motifs is 1. The normalized spacial score (nSPS) is 11.4. The first-order chi connectivity index (χ1) is 12.9. The first-order valence-electron chi connectivity index (χ1n) is 8.26. The molecule has 0 fully saturated rings. The molecule has 0 spiro atoms. The topological polar surface area (TPSA) is 76.7 Å². The van der Waals surface area contributed by atoms with Gasteiger partial charge in [-0.1, -0.05) is 34.5 Å². The number of ether oxygens (including phenoxy) is 1. The Kier molecular flexibility index (Phi) is 5.82. The van der Waals surface area contributed by atoms with Gasteiger partial charge in [-0.05, 0) is 30.7 Å². The third-order valence-corrected chi connectivity index (χ3v) is 4.66. The first-order valence-corrected chi connectivity index (χ1v) is 9.43. The van der Waals surface area contributed by atoms with Crippen LogP contribution in [0.4, 0.5) is 0 Å². The molecule has 0 aliphatic carbocycles. The van der Waals surface area contributed by atoms with Gasteiger partial charge in [-0.3, -0.25) is 4.79 Å². The standard InChI is InChI=1S/C19H17BrClN3O3/c1-3-4-17-23-15-6-5-12(20)8-14(15)19(26)24(17)22-10-11-7-13(21)9-16(27-2)18(11)25/h5-10,25H,3-4H2,1-2H3. The van der Waals surface area contributed by atoms with Crippen LogP contribution in [0.2, 0.25) is 5.02 Å². The highest BCUT2D eigenvalue weighted by Crippen LogP contribution is 2.32. The molecule has 3 aromatic rings. The van der Waals surface area contributed by atoms with E-state index in [1.807, 2.05) is 13.0 Å². The van der Waals surface area contributed by atoms with Gasteiger partial charge in [0.1, 0.15) is 5.82 Å². The number of benzene rings is 2. The smallest absolute Gasteiger partial charge is 0.282 e. The molecule has 0 saturated carbocycles. The maximum absolute atomic E-state index is 12.9. The second-order valence-electron chi connectivity index (χ2n) is 5.85. The van der Waals surface area contributed by atoms with Crippen molar-refractivity contribution in [3.05, 3.63) is 61.6 Å². The lowest BCUT2D eigenvalue weighted by Crippen LogP contribution is -2.22. The molecule has 0 aliphatic rings. The monoisotopic (exact) mass is 449 g/mol. The summed E-state index contributed by atoms with van der Waals surface area (Å²) in [5.41, 5.74) is 0.669. The number of phenols is 1. The van der Waals surface area contributed by atoms with E-state index in [1.165, 1.54) is 24.1 Å². The van der Waals surface area contributed by atoms with E-state index in [-0.39, 0.29) is 17.1 Å².